The number of anilines is 1. The number of hydrogen-bond donors (Lipinski definition) is 1. The average Bonchev–Trinajstić information content (AvgIpc) is 3.02. The molecule has 9 nitrogen and oxygen atoms in total. The third-order valence-electron chi connectivity index (χ3n) is 2.78. The molecule has 0 aromatic carbocycles. The molecule has 0 amide bonds. The van der Waals surface area contributed by atoms with E-state index < -0.39 is 0 Å². The SMILES string of the molecule is Nc1nc(Cl)c2ncn(-n3cnc4cncnc43)c2n1. The molecule has 0 spiro atoms. The lowest BCUT2D eigenvalue weighted by Gasteiger charge is -2.05. The second kappa shape index (κ2) is 3.84. The highest BCUT2D eigenvalue weighted by Crippen LogP contribution is 2.20. The van der Waals surface area contributed by atoms with Crippen molar-refractivity contribution in [3.8, 4) is 0 Å². The van der Waals surface area contributed by atoms with Crippen LogP contribution in [0.5, 0.6) is 0 Å². The number of halogens is 1. The summed E-state index contributed by atoms with van der Waals surface area (Å²) in [4.78, 5) is 24.5. The average molecular weight is 288 g/mol. The van der Waals surface area contributed by atoms with Crippen molar-refractivity contribution in [3.05, 3.63) is 30.3 Å². The molecule has 4 aromatic heterocycles. The normalized spacial score (nSPS) is 11.4. The summed E-state index contributed by atoms with van der Waals surface area (Å²) in [5, 5.41) is 0.199. The van der Waals surface area contributed by atoms with Crippen molar-refractivity contribution in [1.29, 1.82) is 0 Å². The van der Waals surface area contributed by atoms with Crippen LogP contribution in [0, 0.1) is 0 Å². The zero-order valence-electron chi connectivity index (χ0n) is 9.84. The number of rotatable bonds is 1. The molecule has 0 radical (unpaired) electrons. The highest BCUT2D eigenvalue weighted by atomic mass is 35.5. The summed E-state index contributed by atoms with van der Waals surface area (Å²) < 4.78 is 3.32. The number of nitrogen functional groups attached to an aromatic ring is 1. The fraction of sp³-hybridized carbons (Fsp3) is 0. The predicted octanol–water partition coefficient (Wildman–Crippen LogP) is 0.513. The summed E-state index contributed by atoms with van der Waals surface area (Å²) in [5.41, 5.74) is 7.82. The number of imidazole rings is 2. The summed E-state index contributed by atoms with van der Waals surface area (Å²) in [7, 11) is 0. The Kier molecular flexibility index (Phi) is 2.12. The molecule has 0 unspecified atom stereocenters. The van der Waals surface area contributed by atoms with Crippen LogP contribution < -0.4 is 5.73 Å². The van der Waals surface area contributed by atoms with Crippen LogP contribution in [0.2, 0.25) is 5.15 Å². The Balaban J connectivity index is 2.08. The number of nitrogens with zero attached hydrogens (tertiary/aromatic N) is 8. The van der Waals surface area contributed by atoms with Gasteiger partial charge in [-0.1, -0.05) is 11.6 Å². The highest BCUT2D eigenvalue weighted by Gasteiger charge is 2.14. The maximum atomic E-state index is 6.00. The molecule has 20 heavy (non-hydrogen) atoms. The van der Waals surface area contributed by atoms with E-state index >= 15 is 0 Å². The third kappa shape index (κ3) is 1.43. The Morgan fingerprint density at radius 1 is 1.00 bits per heavy atom. The maximum Gasteiger partial charge on any atom is 0.223 e. The molecule has 0 atom stereocenters. The number of fused-ring (bicyclic) bond motifs is 2. The van der Waals surface area contributed by atoms with Crippen molar-refractivity contribution in [2.75, 3.05) is 5.73 Å². The third-order valence-corrected chi connectivity index (χ3v) is 3.05. The molecule has 0 fully saturated rings. The Morgan fingerprint density at radius 2 is 1.80 bits per heavy atom. The van der Waals surface area contributed by atoms with E-state index in [-0.39, 0.29) is 11.1 Å². The smallest absolute Gasteiger partial charge is 0.223 e. The van der Waals surface area contributed by atoms with Crippen LogP contribution in [0.4, 0.5) is 5.95 Å². The molecule has 0 bridgehead atoms. The van der Waals surface area contributed by atoms with Crippen molar-refractivity contribution < 1.29 is 0 Å². The minimum Gasteiger partial charge on any atom is -0.368 e. The molecule has 0 saturated carbocycles. The molecule has 4 rings (SSSR count). The van der Waals surface area contributed by atoms with E-state index in [2.05, 4.69) is 29.9 Å². The molecule has 4 heterocycles. The van der Waals surface area contributed by atoms with Gasteiger partial charge in [0.25, 0.3) is 0 Å². The first-order chi connectivity index (χ1) is 9.74. The first-order valence-electron chi connectivity index (χ1n) is 5.54. The molecule has 0 aliphatic rings. The highest BCUT2D eigenvalue weighted by molar-refractivity contribution is 6.33. The molecular formula is C10H6ClN9. The van der Waals surface area contributed by atoms with Crippen molar-refractivity contribution in [2.45, 2.75) is 0 Å². The van der Waals surface area contributed by atoms with Gasteiger partial charge in [0.05, 0.1) is 6.20 Å². The molecule has 0 saturated heterocycles. The van der Waals surface area contributed by atoms with Crippen LogP contribution in [0.25, 0.3) is 22.3 Å². The zero-order chi connectivity index (χ0) is 13.7. The quantitative estimate of drug-likeness (QED) is 0.507. The summed E-state index contributed by atoms with van der Waals surface area (Å²) in [6, 6.07) is 0. The van der Waals surface area contributed by atoms with Gasteiger partial charge < -0.3 is 5.73 Å². The van der Waals surface area contributed by atoms with Crippen molar-refractivity contribution in [2.24, 2.45) is 0 Å². The second-order valence-corrected chi connectivity index (χ2v) is 4.31. The Bertz CT molecular complexity index is 940. The summed E-state index contributed by atoms with van der Waals surface area (Å²) in [6.45, 7) is 0. The van der Waals surface area contributed by atoms with Crippen LogP contribution in [0.3, 0.4) is 0 Å². The van der Waals surface area contributed by atoms with Crippen molar-refractivity contribution in [1.82, 2.24) is 39.3 Å². The first-order valence-corrected chi connectivity index (χ1v) is 5.91. The minimum atomic E-state index is 0.0725. The molecular weight excluding hydrogens is 282 g/mol. The zero-order valence-corrected chi connectivity index (χ0v) is 10.6. The van der Waals surface area contributed by atoms with Gasteiger partial charge in [-0.25, -0.2) is 29.3 Å². The predicted molar refractivity (Wildman–Crippen MR) is 70.9 cm³/mol. The summed E-state index contributed by atoms with van der Waals surface area (Å²) >= 11 is 6.00. The number of nitrogens with two attached hydrogens (primary N) is 1. The Labute approximate surface area is 116 Å². The lowest BCUT2D eigenvalue weighted by Crippen LogP contribution is -2.09. The van der Waals surface area contributed by atoms with Crippen molar-refractivity contribution in [3.63, 3.8) is 0 Å². The lowest BCUT2D eigenvalue weighted by molar-refractivity contribution is 0.687. The van der Waals surface area contributed by atoms with Crippen LogP contribution in [-0.2, 0) is 0 Å². The van der Waals surface area contributed by atoms with Gasteiger partial charge in [0.15, 0.2) is 16.4 Å². The fourth-order valence-electron chi connectivity index (χ4n) is 1.94. The van der Waals surface area contributed by atoms with Gasteiger partial charge in [-0.15, -0.1) is 0 Å². The van der Waals surface area contributed by atoms with E-state index in [4.69, 9.17) is 17.3 Å². The van der Waals surface area contributed by atoms with Crippen LogP contribution >= 0.6 is 11.6 Å². The standard InChI is InChI=1S/C10H6ClN9/c11-7-6-9(18-10(12)17-7)20(4-16-6)19-3-15-5-1-13-2-14-8(5)19/h1-4H,(H2,12,17,18). The van der Waals surface area contributed by atoms with E-state index in [1.807, 2.05) is 0 Å². The molecule has 98 valence electrons. The number of hydrogen-bond acceptors (Lipinski definition) is 7. The minimum absolute atomic E-state index is 0.0725. The maximum absolute atomic E-state index is 6.00. The largest absolute Gasteiger partial charge is 0.368 e. The molecule has 10 heteroatoms. The molecule has 0 aliphatic heterocycles. The van der Waals surface area contributed by atoms with Gasteiger partial charge in [0.1, 0.15) is 30.0 Å². The Hall–Kier alpha value is -2.81. The van der Waals surface area contributed by atoms with E-state index in [1.165, 1.54) is 6.33 Å². The van der Waals surface area contributed by atoms with Gasteiger partial charge in [-0.05, 0) is 0 Å². The topological polar surface area (TPSA) is 113 Å². The van der Waals surface area contributed by atoms with Crippen LogP contribution in [0.15, 0.2) is 25.2 Å². The summed E-state index contributed by atoms with van der Waals surface area (Å²) in [5.74, 6) is 0.0725. The van der Waals surface area contributed by atoms with Gasteiger partial charge >= 0.3 is 0 Å². The summed E-state index contributed by atoms with van der Waals surface area (Å²) in [6.07, 6.45) is 6.20. The molecule has 2 N–H and O–H groups in total. The van der Waals surface area contributed by atoms with E-state index in [0.29, 0.717) is 22.3 Å². The van der Waals surface area contributed by atoms with E-state index in [9.17, 15) is 0 Å². The van der Waals surface area contributed by atoms with Crippen LogP contribution in [-0.4, -0.2) is 39.3 Å². The van der Waals surface area contributed by atoms with Crippen LogP contribution in [0.1, 0.15) is 0 Å². The monoisotopic (exact) mass is 287 g/mol. The lowest BCUT2D eigenvalue weighted by atomic mass is 10.5. The molecule has 4 aromatic rings. The van der Waals surface area contributed by atoms with E-state index in [0.717, 1.165) is 0 Å². The Morgan fingerprint density at radius 3 is 2.70 bits per heavy atom. The van der Waals surface area contributed by atoms with Gasteiger partial charge in [0.2, 0.25) is 5.95 Å². The second-order valence-electron chi connectivity index (χ2n) is 3.95. The van der Waals surface area contributed by atoms with Gasteiger partial charge in [0, 0.05) is 0 Å². The van der Waals surface area contributed by atoms with E-state index in [1.54, 1.807) is 28.2 Å². The first kappa shape index (κ1) is 11.1. The number of aromatic nitrogens is 8. The fourth-order valence-corrected chi connectivity index (χ4v) is 2.16. The van der Waals surface area contributed by atoms with Crippen molar-refractivity contribution >= 4 is 39.9 Å². The molecule has 0 aliphatic carbocycles. The van der Waals surface area contributed by atoms with Gasteiger partial charge in [-0.3, -0.25) is 0 Å². The van der Waals surface area contributed by atoms with Gasteiger partial charge in [-0.2, -0.15) is 9.97 Å².